The van der Waals surface area contributed by atoms with Crippen molar-refractivity contribution in [3.8, 4) is 0 Å². The Morgan fingerprint density at radius 3 is 3.00 bits per heavy atom. The Balaban J connectivity index is 2.16. The maximum Gasteiger partial charge on any atom is 0.257 e. The van der Waals surface area contributed by atoms with Crippen molar-refractivity contribution in [2.24, 2.45) is 0 Å². The fraction of sp³-hybridized carbons (Fsp3) is 0.600. The Kier molecular flexibility index (Phi) is 4.95. The predicted octanol–water partition coefficient (Wildman–Crippen LogP) is 1.68. The SMILES string of the molecule is CCCNc1ccncc1C(=O)N1CCN(C)CC1C. The zero-order chi connectivity index (χ0) is 14.5. The third kappa shape index (κ3) is 3.28. The summed E-state index contributed by atoms with van der Waals surface area (Å²) < 4.78 is 0. The Morgan fingerprint density at radius 1 is 1.50 bits per heavy atom. The smallest absolute Gasteiger partial charge is 0.257 e. The van der Waals surface area contributed by atoms with Gasteiger partial charge in [-0.3, -0.25) is 9.78 Å². The van der Waals surface area contributed by atoms with Gasteiger partial charge in [0.2, 0.25) is 0 Å². The van der Waals surface area contributed by atoms with Gasteiger partial charge in [0, 0.05) is 44.6 Å². The second-order valence-electron chi connectivity index (χ2n) is 5.46. The molecule has 1 aliphatic rings. The van der Waals surface area contributed by atoms with Crippen LogP contribution in [0.5, 0.6) is 0 Å². The van der Waals surface area contributed by atoms with E-state index in [0.717, 1.165) is 38.3 Å². The van der Waals surface area contributed by atoms with Gasteiger partial charge in [-0.2, -0.15) is 0 Å². The van der Waals surface area contributed by atoms with Gasteiger partial charge in [-0.05, 0) is 26.5 Å². The number of nitrogens with zero attached hydrogens (tertiary/aromatic N) is 3. The molecule has 0 aromatic carbocycles. The van der Waals surface area contributed by atoms with Crippen molar-refractivity contribution in [1.29, 1.82) is 0 Å². The summed E-state index contributed by atoms with van der Waals surface area (Å²) in [5.41, 5.74) is 1.57. The molecule has 1 N–H and O–H groups in total. The molecule has 1 amide bonds. The van der Waals surface area contributed by atoms with Gasteiger partial charge in [-0.15, -0.1) is 0 Å². The van der Waals surface area contributed by atoms with Crippen LogP contribution in [0.25, 0.3) is 0 Å². The maximum atomic E-state index is 12.7. The number of pyridine rings is 1. The van der Waals surface area contributed by atoms with Crippen molar-refractivity contribution in [3.05, 3.63) is 24.0 Å². The quantitative estimate of drug-likeness (QED) is 0.909. The number of aromatic nitrogens is 1. The van der Waals surface area contributed by atoms with Crippen LogP contribution >= 0.6 is 0 Å². The normalized spacial score (nSPS) is 19.9. The molecule has 1 aromatic heterocycles. The summed E-state index contributed by atoms with van der Waals surface area (Å²) in [6.07, 6.45) is 4.43. The van der Waals surface area contributed by atoms with E-state index in [0.29, 0.717) is 5.56 Å². The maximum absolute atomic E-state index is 12.7. The van der Waals surface area contributed by atoms with E-state index in [4.69, 9.17) is 0 Å². The molecule has 5 nitrogen and oxygen atoms in total. The van der Waals surface area contributed by atoms with Gasteiger partial charge in [-0.25, -0.2) is 0 Å². The highest BCUT2D eigenvalue weighted by Gasteiger charge is 2.27. The molecule has 2 heterocycles. The lowest BCUT2D eigenvalue weighted by Gasteiger charge is -2.38. The number of hydrogen-bond donors (Lipinski definition) is 1. The minimum atomic E-state index is 0.0808. The Bertz CT molecular complexity index is 463. The first-order valence-corrected chi connectivity index (χ1v) is 7.31. The molecule has 1 atom stereocenters. The molecule has 0 aliphatic carbocycles. The van der Waals surface area contributed by atoms with Crippen molar-refractivity contribution < 1.29 is 4.79 Å². The second-order valence-corrected chi connectivity index (χ2v) is 5.46. The van der Waals surface area contributed by atoms with Crippen LogP contribution in [0, 0.1) is 0 Å². The average Bonchev–Trinajstić information content (AvgIpc) is 2.45. The zero-order valence-electron chi connectivity index (χ0n) is 12.6. The van der Waals surface area contributed by atoms with E-state index >= 15 is 0 Å². The van der Waals surface area contributed by atoms with E-state index in [-0.39, 0.29) is 11.9 Å². The van der Waals surface area contributed by atoms with Crippen LogP contribution in [0.4, 0.5) is 5.69 Å². The summed E-state index contributed by atoms with van der Waals surface area (Å²) in [4.78, 5) is 21.0. The number of anilines is 1. The summed E-state index contributed by atoms with van der Waals surface area (Å²) >= 11 is 0. The summed E-state index contributed by atoms with van der Waals surface area (Å²) in [6, 6.07) is 2.12. The van der Waals surface area contributed by atoms with Gasteiger partial charge in [0.05, 0.1) is 11.3 Å². The van der Waals surface area contributed by atoms with Gasteiger partial charge in [0.1, 0.15) is 0 Å². The molecule has 1 unspecified atom stereocenters. The third-order valence-corrected chi connectivity index (χ3v) is 3.71. The number of nitrogens with one attached hydrogen (secondary N) is 1. The number of piperazine rings is 1. The lowest BCUT2D eigenvalue weighted by Crippen LogP contribution is -2.52. The highest BCUT2D eigenvalue weighted by atomic mass is 16.2. The molecule has 0 radical (unpaired) electrons. The molecule has 0 spiro atoms. The molecule has 2 rings (SSSR count). The average molecular weight is 276 g/mol. The van der Waals surface area contributed by atoms with Crippen molar-refractivity contribution in [1.82, 2.24) is 14.8 Å². The van der Waals surface area contributed by atoms with Crippen LogP contribution < -0.4 is 5.32 Å². The van der Waals surface area contributed by atoms with E-state index in [1.165, 1.54) is 0 Å². The van der Waals surface area contributed by atoms with Crippen LogP contribution in [0.2, 0.25) is 0 Å². The van der Waals surface area contributed by atoms with Crippen LogP contribution in [0.1, 0.15) is 30.6 Å². The molecule has 1 saturated heterocycles. The number of rotatable bonds is 4. The molecule has 110 valence electrons. The minimum Gasteiger partial charge on any atom is -0.384 e. The summed E-state index contributed by atoms with van der Waals surface area (Å²) in [6.45, 7) is 7.69. The first kappa shape index (κ1) is 14.8. The molecule has 0 saturated carbocycles. The Hall–Kier alpha value is -1.62. The van der Waals surface area contributed by atoms with E-state index < -0.39 is 0 Å². The molecular weight excluding hydrogens is 252 g/mol. The number of likely N-dealkylation sites (N-methyl/N-ethyl adjacent to an activating group) is 1. The van der Waals surface area contributed by atoms with E-state index in [9.17, 15) is 4.79 Å². The van der Waals surface area contributed by atoms with E-state index in [1.807, 2.05) is 11.0 Å². The van der Waals surface area contributed by atoms with Crippen molar-refractivity contribution in [3.63, 3.8) is 0 Å². The summed E-state index contributed by atoms with van der Waals surface area (Å²) in [7, 11) is 2.09. The Labute approximate surface area is 121 Å². The summed E-state index contributed by atoms with van der Waals surface area (Å²) in [5.74, 6) is 0.0808. The molecule has 1 fully saturated rings. The monoisotopic (exact) mass is 276 g/mol. The van der Waals surface area contributed by atoms with Gasteiger partial charge in [-0.1, -0.05) is 6.92 Å². The van der Waals surface area contributed by atoms with Crippen LogP contribution in [0.3, 0.4) is 0 Å². The number of amides is 1. The summed E-state index contributed by atoms with van der Waals surface area (Å²) in [5, 5.41) is 3.31. The molecule has 5 heteroatoms. The lowest BCUT2D eigenvalue weighted by atomic mass is 10.1. The number of carbonyl (C=O) groups excluding carboxylic acids is 1. The van der Waals surface area contributed by atoms with Crippen molar-refractivity contribution in [2.75, 3.05) is 38.5 Å². The third-order valence-electron chi connectivity index (χ3n) is 3.71. The minimum absolute atomic E-state index is 0.0808. The van der Waals surface area contributed by atoms with Gasteiger partial charge >= 0.3 is 0 Å². The zero-order valence-corrected chi connectivity index (χ0v) is 12.6. The topological polar surface area (TPSA) is 48.5 Å². The highest BCUT2D eigenvalue weighted by Crippen LogP contribution is 2.19. The molecule has 20 heavy (non-hydrogen) atoms. The van der Waals surface area contributed by atoms with Gasteiger partial charge in [0.25, 0.3) is 5.91 Å². The van der Waals surface area contributed by atoms with Crippen LogP contribution in [-0.2, 0) is 0 Å². The second kappa shape index (κ2) is 6.70. The van der Waals surface area contributed by atoms with Gasteiger partial charge < -0.3 is 15.1 Å². The number of carbonyl (C=O) groups is 1. The molecular formula is C15H24N4O. The van der Waals surface area contributed by atoms with Crippen LogP contribution in [0.15, 0.2) is 18.5 Å². The highest BCUT2D eigenvalue weighted by molar-refractivity contribution is 5.99. The standard InChI is InChI=1S/C15H24N4O/c1-4-6-17-14-5-7-16-10-13(14)15(20)19-9-8-18(3)11-12(19)2/h5,7,10,12H,4,6,8-9,11H2,1-3H3,(H,16,17). The van der Waals surface area contributed by atoms with E-state index in [1.54, 1.807) is 12.4 Å². The fourth-order valence-electron chi connectivity index (χ4n) is 2.57. The fourth-order valence-corrected chi connectivity index (χ4v) is 2.57. The molecule has 0 bridgehead atoms. The predicted molar refractivity (Wildman–Crippen MR) is 81.0 cm³/mol. The van der Waals surface area contributed by atoms with Crippen molar-refractivity contribution in [2.45, 2.75) is 26.3 Å². The first-order valence-electron chi connectivity index (χ1n) is 7.31. The largest absolute Gasteiger partial charge is 0.384 e. The number of hydrogen-bond acceptors (Lipinski definition) is 4. The lowest BCUT2D eigenvalue weighted by molar-refractivity contribution is 0.0534. The van der Waals surface area contributed by atoms with Crippen molar-refractivity contribution >= 4 is 11.6 Å². The van der Waals surface area contributed by atoms with Gasteiger partial charge in [0.15, 0.2) is 0 Å². The van der Waals surface area contributed by atoms with E-state index in [2.05, 4.69) is 36.1 Å². The molecule has 1 aliphatic heterocycles. The first-order chi connectivity index (χ1) is 9.63. The Morgan fingerprint density at radius 2 is 2.30 bits per heavy atom. The van der Waals surface area contributed by atoms with Crippen LogP contribution in [-0.4, -0.2) is 60.0 Å². The molecule has 1 aromatic rings.